The number of hydrogen-bond acceptors (Lipinski definition) is 3. The predicted octanol–water partition coefficient (Wildman–Crippen LogP) is 0.830. The first-order valence-corrected chi connectivity index (χ1v) is 4.84. The highest BCUT2D eigenvalue weighted by Crippen LogP contribution is 2.39. The number of hydrogen-bond donors (Lipinski definition) is 2. The minimum Gasteiger partial charge on any atom is -0.509 e. The van der Waals surface area contributed by atoms with E-state index in [0.29, 0.717) is 0 Å². The molecule has 0 aromatic carbocycles. The highest BCUT2D eigenvalue weighted by atomic mass is 16.3. The summed E-state index contributed by atoms with van der Waals surface area (Å²) in [7, 11) is 0. The van der Waals surface area contributed by atoms with Crippen LogP contribution in [0.15, 0.2) is 11.3 Å². The molecule has 4 heteroatoms. The van der Waals surface area contributed by atoms with E-state index in [1.165, 1.54) is 6.92 Å². The van der Waals surface area contributed by atoms with Crippen molar-refractivity contribution in [3.05, 3.63) is 11.3 Å². The van der Waals surface area contributed by atoms with Gasteiger partial charge in [-0.15, -0.1) is 0 Å². The highest BCUT2D eigenvalue weighted by molar-refractivity contribution is 6.21. The average molecular weight is 195 g/mol. The van der Waals surface area contributed by atoms with Gasteiger partial charge in [0.1, 0.15) is 11.3 Å². The van der Waals surface area contributed by atoms with Crippen LogP contribution in [0.4, 0.5) is 0 Å². The van der Waals surface area contributed by atoms with Crippen LogP contribution < -0.4 is 5.32 Å². The molecule has 2 aliphatic rings. The van der Waals surface area contributed by atoms with Crippen molar-refractivity contribution in [2.75, 3.05) is 0 Å². The number of aliphatic hydroxyl groups is 1. The predicted molar refractivity (Wildman–Crippen MR) is 49.7 cm³/mol. The molecular formula is C10H13NO3. The van der Waals surface area contributed by atoms with E-state index < -0.39 is 11.4 Å². The quantitative estimate of drug-likeness (QED) is 0.609. The molecule has 76 valence electrons. The van der Waals surface area contributed by atoms with Crippen LogP contribution in [0.25, 0.3) is 0 Å². The number of aliphatic hydroxyl groups excluding tert-OH is 1. The Bertz CT molecular complexity index is 337. The molecule has 1 fully saturated rings. The molecule has 1 spiro atoms. The van der Waals surface area contributed by atoms with Crippen LogP contribution >= 0.6 is 0 Å². The Morgan fingerprint density at radius 3 is 2.43 bits per heavy atom. The van der Waals surface area contributed by atoms with Crippen molar-refractivity contribution < 1.29 is 14.7 Å². The van der Waals surface area contributed by atoms with Crippen LogP contribution in [0, 0.1) is 0 Å². The molecule has 0 atom stereocenters. The summed E-state index contributed by atoms with van der Waals surface area (Å²) < 4.78 is 0. The molecule has 14 heavy (non-hydrogen) atoms. The Morgan fingerprint density at radius 2 is 2.00 bits per heavy atom. The van der Waals surface area contributed by atoms with Gasteiger partial charge in [-0.1, -0.05) is 12.8 Å². The van der Waals surface area contributed by atoms with E-state index in [0.717, 1.165) is 25.7 Å². The maximum atomic E-state index is 11.4. The van der Waals surface area contributed by atoms with E-state index in [-0.39, 0.29) is 17.1 Å². The van der Waals surface area contributed by atoms with Gasteiger partial charge in [0, 0.05) is 0 Å². The van der Waals surface area contributed by atoms with Gasteiger partial charge in [0.15, 0.2) is 5.78 Å². The first-order valence-electron chi connectivity index (χ1n) is 4.84. The van der Waals surface area contributed by atoms with Crippen molar-refractivity contribution in [2.45, 2.75) is 38.1 Å². The number of Topliss-reactive ketones (excluding diaryl/α,β-unsaturated/α-hetero) is 1. The molecule has 2 N–H and O–H groups in total. The number of carbonyl (C=O) groups is 2. The zero-order valence-corrected chi connectivity index (χ0v) is 8.09. The Labute approximate surface area is 82.0 Å². The second-order valence-electron chi connectivity index (χ2n) is 4.02. The van der Waals surface area contributed by atoms with Gasteiger partial charge >= 0.3 is 0 Å². The summed E-state index contributed by atoms with van der Waals surface area (Å²) in [6, 6.07) is 0. The van der Waals surface area contributed by atoms with E-state index in [4.69, 9.17) is 0 Å². The SMILES string of the molecule is CC(=O)C1=C(O)C2(CCCC2)NC1=O. The molecule has 1 heterocycles. The van der Waals surface area contributed by atoms with Gasteiger partial charge in [-0.05, 0) is 19.8 Å². The molecule has 0 unspecified atom stereocenters. The van der Waals surface area contributed by atoms with Crippen molar-refractivity contribution in [2.24, 2.45) is 0 Å². The summed E-state index contributed by atoms with van der Waals surface area (Å²) in [6.45, 7) is 1.30. The Hall–Kier alpha value is -1.32. The topological polar surface area (TPSA) is 66.4 Å². The maximum absolute atomic E-state index is 11.4. The zero-order chi connectivity index (χ0) is 10.3. The number of ketones is 1. The third-order valence-electron chi connectivity index (χ3n) is 3.08. The molecule has 1 aliphatic heterocycles. The lowest BCUT2D eigenvalue weighted by atomic mass is 9.95. The molecule has 0 saturated heterocycles. The lowest BCUT2D eigenvalue weighted by Crippen LogP contribution is -2.41. The second-order valence-corrected chi connectivity index (χ2v) is 4.02. The van der Waals surface area contributed by atoms with Crippen LogP contribution in [0.3, 0.4) is 0 Å². The fourth-order valence-corrected chi connectivity index (χ4v) is 2.35. The zero-order valence-electron chi connectivity index (χ0n) is 8.09. The van der Waals surface area contributed by atoms with E-state index in [2.05, 4.69) is 5.32 Å². The first kappa shape index (κ1) is 9.24. The molecule has 4 nitrogen and oxygen atoms in total. The molecule has 0 radical (unpaired) electrons. The van der Waals surface area contributed by atoms with Gasteiger partial charge in [-0.25, -0.2) is 0 Å². The van der Waals surface area contributed by atoms with Gasteiger partial charge < -0.3 is 10.4 Å². The summed E-state index contributed by atoms with van der Waals surface area (Å²) in [4.78, 5) is 22.6. The Morgan fingerprint density at radius 1 is 1.43 bits per heavy atom. The summed E-state index contributed by atoms with van der Waals surface area (Å²) >= 11 is 0. The highest BCUT2D eigenvalue weighted by Gasteiger charge is 2.48. The lowest BCUT2D eigenvalue weighted by Gasteiger charge is -2.23. The van der Waals surface area contributed by atoms with Crippen molar-refractivity contribution in [3.8, 4) is 0 Å². The standard InChI is InChI=1S/C10H13NO3/c1-6(12)7-8(13)10(11-9(7)14)4-2-3-5-10/h13H,2-5H2,1H3,(H,11,14). The second kappa shape index (κ2) is 2.83. The third-order valence-corrected chi connectivity index (χ3v) is 3.08. The van der Waals surface area contributed by atoms with Crippen LogP contribution in [0.2, 0.25) is 0 Å². The Balaban J connectivity index is 2.43. The summed E-state index contributed by atoms with van der Waals surface area (Å²) in [6.07, 6.45) is 3.44. The van der Waals surface area contributed by atoms with Gasteiger partial charge in [0.25, 0.3) is 5.91 Å². The van der Waals surface area contributed by atoms with Crippen LogP contribution in [-0.4, -0.2) is 22.3 Å². The normalized spacial score (nSPS) is 24.5. The van der Waals surface area contributed by atoms with Crippen molar-refractivity contribution in [1.82, 2.24) is 5.32 Å². The van der Waals surface area contributed by atoms with E-state index in [1.54, 1.807) is 0 Å². The molecule has 0 aromatic rings. The molecule has 0 bridgehead atoms. The van der Waals surface area contributed by atoms with E-state index in [1.807, 2.05) is 0 Å². The maximum Gasteiger partial charge on any atom is 0.259 e. The van der Waals surface area contributed by atoms with E-state index >= 15 is 0 Å². The van der Waals surface area contributed by atoms with Gasteiger partial charge in [0.05, 0.1) is 5.54 Å². The van der Waals surface area contributed by atoms with Crippen LogP contribution in [0.1, 0.15) is 32.6 Å². The molecule has 2 rings (SSSR count). The monoisotopic (exact) mass is 195 g/mol. The van der Waals surface area contributed by atoms with Crippen molar-refractivity contribution >= 4 is 11.7 Å². The minimum absolute atomic E-state index is 0.0347. The smallest absolute Gasteiger partial charge is 0.259 e. The molecule has 1 amide bonds. The first-order chi connectivity index (χ1) is 6.57. The van der Waals surface area contributed by atoms with Crippen LogP contribution in [-0.2, 0) is 9.59 Å². The van der Waals surface area contributed by atoms with Gasteiger partial charge in [-0.2, -0.15) is 0 Å². The third kappa shape index (κ3) is 1.06. The summed E-state index contributed by atoms with van der Waals surface area (Å²) in [5, 5.41) is 12.6. The number of rotatable bonds is 1. The largest absolute Gasteiger partial charge is 0.509 e. The number of amides is 1. The van der Waals surface area contributed by atoms with Crippen molar-refractivity contribution in [3.63, 3.8) is 0 Å². The van der Waals surface area contributed by atoms with Crippen molar-refractivity contribution in [1.29, 1.82) is 0 Å². The van der Waals surface area contributed by atoms with E-state index in [9.17, 15) is 14.7 Å². The fourth-order valence-electron chi connectivity index (χ4n) is 2.35. The summed E-state index contributed by atoms with van der Waals surface area (Å²) in [5.74, 6) is -0.812. The number of nitrogens with one attached hydrogen (secondary N) is 1. The molecular weight excluding hydrogens is 182 g/mol. The molecule has 0 aromatic heterocycles. The minimum atomic E-state index is -0.613. The summed E-state index contributed by atoms with van der Waals surface area (Å²) in [5.41, 5.74) is -0.662. The lowest BCUT2D eigenvalue weighted by molar-refractivity contribution is -0.121. The fraction of sp³-hybridized carbons (Fsp3) is 0.600. The molecule has 1 saturated carbocycles. The average Bonchev–Trinajstić information content (AvgIpc) is 2.61. The van der Waals surface area contributed by atoms with Gasteiger partial charge in [-0.3, -0.25) is 9.59 Å². The van der Waals surface area contributed by atoms with Gasteiger partial charge in [0.2, 0.25) is 0 Å². The number of carbonyl (C=O) groups excluding carboxylic acids is 2. The Kier molecular flexibility index (Phi) is 1.87. The molecule has 1 aliphatic carbocycles. The van der Waals surface area contributed by atoms with Crippen LogP contribution in [0.5, 0.6) is 0 Å².